The van der Waals surface area contributed by atoms with Gasteiger partial charge in [0.2, 0.25) is 0 Å². The first-order chi connectivity index (χ1) is 9.47. The first-order valence-corrected chi connectivity index (χ1v) is 6.08. The maximum Gasteiger partial charge on any atom is 0.255 e. The molecule has 0 radical (unpaired) electrons. The summed E-state index contributed by atoms with van der Waals surface area (Å²) >= 11 is 0. The number of anilines is 1. The number of hydrogen-bond acceptors (Lipinski definition) is 4. The molecule has 1 atom stereocenters. The summed E-state index contributed by atoms with van der Waals surface area (Å²) in [6.07, 6.45) is -0.718. The lowest BCUT2D eigenvalue weighted by Gasteiger charge is -2.13. The average molecular weight is 273 g/mol. The lowest BCUT2D eigenvalue weighted by molar-refractivity contribution is 0.102. The Kier molecular flexibility index (Phi) is 3.91. The van der Waals surface area contributed by atoms with Crippen LogP contribution in [0.4, 0.5) is 5.69 Å². The fourth-order valence-electron chi connectivity index (χ4n) is 1.90. The summed E-state index contributed by atoms with van der Waals surface area (Å²) in [6, 6.07) is 10.5. The van der Waals surface area contributed by atoms with Gasteiger partial charge in [0.1, 0.15) is 11.5 Å². The van der Waals surface area contributed by atoms with Crippen molar-refractivity contribution < 1.29 is 20.1 Å². The van der Waals surface area contributed by atoms with Crippen LogP contribution in [0, 0.1) is 0 Å². The van der Waals surface area contributed by atoms with Crippen LogP contribution in [0.5, 0.6) is 11.5 Å². The van der Waals surface area contributed by atoms with Crippen molar-refractivity contribution in [2.45, 2.75) is 13.0 Å². The summed E-state index contributed by atoms with van der Waals surface area (Å²) in [7, 11) is 0. The zero-order valence-corrected chi connectivity index (χ0v) is 10.9. The van der Waals surface area contributed by atoms with Crippen molar-refractivity contribution in [1.29, 1.82) is 0 Å². The Morgan fingerprint density at radius 3 is 2.30 bits per heavy atom. The van der Waals surface area contributed by atoms with Crippen LogP contribution in [-0.4, -0.2) is 21.2 Å². The van der Waals surface area contributed by atoms with Gasteiger partial charge in [0, 0.05) is 22.9 Å². The number of para-hydroxylation sites is 1. The van der Waals surface area contributed by atoms with E-state index in [1.165, 1.54) is 12.1 Å². The van der Waals surface area contributed by atoms with Crippen molar-refractivity contribution in [2.75, 3.05) is 5.32 Å². The first-order valence-electron chi connectivity index (χ1n) is 6.08. The minimum absolute atomic E-state index is 0.128. The van der Waals surface area contributed by atoms with Crippen LogP contribution in [0.15, 0.2) is 42.5 Å². The van der Waals surface area contributed by atoms with E-state index in [-0.39, 0.29) is 17.1 Å². The normalized spacial score (nSPS) is 11.9. The van der Waals surface area contributed by atoms with Crippen LogP contribution >= 0.6 is 0 Å². The predicted octanol–water partition coefficient (Wildman–Crippen LogP) is 2.40. The number of hydrogen-bond donors (Lipinski definition) is 4. The Morgan fingerprint density at radius 1 is 1.10 bits per heavy atom. The van der Waals surface area contributed by atoms with Crippen molar-refractivity contribution in [3.05, 3.63) is 53.6 Å². The molecule has 0 aliphatic heterocycles. The fourth-order valence-corrected chi connectivity index (χ4v) is 1.90. The lowest BCUT2D eigenvalue weighted by Crippen LogP contribution is -2.13. The van der Waals surface area contributed by atoms with Gasteiger partial charge in [-0.1, -0.05) is 18.2 Å². The predicted molar refractivity (Wildman–Crippen MR) is 74.8 cm³/mol. The molecule has 2 aromatic rings. The molecule has 0 bridgehead atoms. The smallest absolute Gasteiger partial charge is 0.255 e. The third-order valence-electron chi connectivity index (χ3n) is 2.82. The van der Waals surface area contributed by atoms with E-state index in [1.807, 2.05) is 0 Å². The highest BCUT2D eigenvalue weighted by molar-refractivity contribution is 6.05. The molecule has 0 aliphatic rings. The highest BCUT2D eigenvalue weighted by Crippen LogP contribution is 2.24. The summed E-state index contributed by atoms with van der Waals surface area (Å²) in [4.78, 5) is 12.1. The fraction of sp³-hybridized carbons (Fsp3) is 0.133. The average Bonchev–Trinajstić information content (AvgIpc) is 2.37. The van der Waals surface area contributed by atoms with Crippen LogP contribution in [0.1, 0.15) is 28.9 Å². The lowest BCUT2D eigenvalue weighted by atomic mass is 10.1. The zero-order valence-electron chi connectivity index (χ0n) is 10.9. The van der Waals surface area contributed by atoms with Gasteiger partial charge in [-0.3, -0.25) is 4.79 Å². The Morgan fingerprint density at radius 2 is 1.70 bits per heavy atom. The second-order valence-corrected chi connectivity index (χ2v) is 4.46. The van der Waals surface area contributed by atoms with Crippen LogP contribution < -0.4 is 5.32 Å². The molecule has 0 spiro atoms. The van der Waals surface area contributed by atoms with E-state index >= 15 is 0 Å². The molecule has 0 saturated carbocycles. The highest BCUT2D eigenvalue weighted by Gasteiger charge is 2.13. The Bertz CT molecular complexity index is 617. The van der Waals surface area contributed by atoms with Crippen LogP contribution in [0.2, 0.25) is 0 Å². The minimum Gasteiger partial charge on any atom is -0.508 e. The molecule has 1 unspecified atom stereocenters. The summed E-state index contributed by atoms with van der Waals surface area (Å²) in [6.45, 7) is 1.60. The van der Waals surface area contributed by atoms with E-state index in [4.69, 9.17) is 0 Å². The molecule has 2 aromatic carbocycles. The van der Waals surface area contributed by atoms with E-state index in [9.17, 15) is 20.1 Å². The molecule has 0 aliphatic carbocycles. The standard InChI is InChI=1S/C15H15NO4/c1-9(17)13-4-2-3-5-14(13)16-15(20)10-6-11(18)8-12(19)7-10/h2-9,17-19H,1H3,(H,16,20). The zero-order chi connectivity index (χ0) is 14.7. The summed E-state index contributed by atoms with van der Waals surface area (Å²) < 4.78 is 0. The number of phenols is 2. The van der Waals surface area contributed by atoms with E-state index in [0.29, 0.717) is 11.3 Å². The van der Waals surface area contributed by atoms with Gasteiger partial charge >= 0.3 is 0 Å². The molecule has 4 N–H and O–H groups in total. The molecule has 0 heterocycles. The number of nitrogens with one attached hydrogen (secondary N) is 1. The molecule has 0 aromatic heterocycles. The molecule has 5 heteroatoms. The number of amides is 1. The molecular formula is C15H15NO4. The van der Waals surface area contributed by atoms with Gasteiger partial charge < -0.3 is 20.6 Å². The molecular weight excluding hydrogens is 258 g/mol. The van der Waals surface area contributed by atoms with Crippen LogP contribution in [0.25, 0.3) is 0 Å². The minimum atomic E-state index is -0.718. The Labute approximate surface area is 116 Å². The number of aliphatic hydroxyl groups excluding tert-OH is 1. The third-order valence-corrected chi connectivity index (χ3v) is 2.82. The Hall–Kier alpha value is -2.53. The summed E-state index contributed by atoms with van der Waals surface area (Å²) in [5.41, 5.74) is 1.20. The number of aliphatic hydroxyl groups is 1. The second kappa shape index (κ2) is 5.63. The van der Waals surface area contributed by atoms with Crippen molar-refractivity contribution in [1.82, 2.24) is 0 Å². The number of carbonyl (C=O) groups is 1. The number of benzene rings is 2. The second-order valence-electron chi connectivity index (χ2n) is 4.46. The maximum absolute atomic E-state index is 12.1. The number of carbonyl (C=O) groups excluding carboxylic acids is 1. The van der Waals surface area contributed by atoms with E-state index in [1.54, 1.807) is 31.2 Å². The maximum atomic E-state index is 12.1. The molecule has 1 amide bonds. The molecule has 0 fully saturated rings. The SMILES string of the molecule is CC(O)c1ccccc1NC(=O)c1cc(O)cc(O)c1. The van der Waals surface area contributed by atoms with Gasteiger partial charge in [-0.2, -0.15) is 0 Å². The number of aromatic hydroxyl groups is 2. The quantitative estimate of drug-likeness (QED) is 0.691. The summed E-state index contributed by atoms with van der Waals surface area (Å²) in [5, 5.41) is 31.0. The van der Waals surface area contributed by atoms with Crippen molar-refractivity contribution in [3.8, 4) is 11.5 Å². The molecule has 5 nitrogen and oxygen atoms in total. The summed E-state index contributed by atoms with van der Waals surface area (Å²) in [5.74, 6) is -0.873. The van der Waals surface area contributed by atoms with E-state index in [0.717, 1.165) is 6.07 Å². The molecule has 2 rings (SSSR count). The van der Waals surface area contributed by atoms with Crippen molar-refractivity contribution in [2.24, 2.45) is 0 Å². The van der Waals surface area contributed by atoms with Crippen LogP contribution in [-0.2, 0) is 0 Å². The molecule has 0 saturated heterocycles. The van der Waals surface area contributed by atoms with Crippen molar-refractivity contribution >= 4 is 11.6 Å². The van der Waals surface area contributed by atoms with E-state index < -0.39 is 12.0 Å². The third kappa shape index (κ3) is 3.07. The number of phenolic OH excluding ortho intramolecular Hbond substituents is 2. The van der Waals surface area contributed by atoms with Gasteiger partial charge in [-0.15, -0.1) is 0 Å². The van der Waals surface area contributed by atoms with Gasteiger partial charge in [-0.25, -0.2) is 0 Å². The monoisotopic (exact) mass is 273 g/mol. The topological polar surface area (TPSA) is 89.8 Å². The van der Waals surface area contributed by atoms with Crippen LogP contribution in [0.3, 0.4) is 0 Å². The Balaban J connectivity index is 2.28. The number of rotatable bonds is 3. The first kappa shape index (κ1) is 13.9. The highest BCUT2D eigenvalue weighted by atomic mass is 16.3. The van der Waals surface area contributed by atoms with E-state index in [2.05, 4.69) is 5.32 Å². The molecule has 20 heavy (non-hydrogen) atoms. The van der Waals surface area contributed by atoms with Gasteiger partial charge in [0.25, 0.3) is 5.91 Å². The van der Waals surface area contributed by atoms with Gasteiger partial charge in [0.05, 0.1) is 6.10 Å². The largest absolute Gasteiger partial charge is 0.508 e. The van der Waals surface area contributed by atoms with Crippen molar-refractivity contribution in [3.63, 3.8) is 0 Å². The van der Waals surface area contributed by atoms with Gasteiger partial charge in [-0.05, 0) is 25.1 Å². The van der Waals surface area contributed by atoms with Gasteiger partial charge in [0.15, 0.2) is 0 Å². The molecule has 104 valence electrons.